The zero-order valence-corrected chi connectivity index (χ0v) is 16.4. The van der Waals surface area contributed by atoms with Crippen LogP contribution in [0, 0.1) is 5.92 Å². The van der Waals surface area contributed by atoms with E-state index in [1.165, 1.54) is 0 Å². The van der Waals surface area contributed by atoms with Gasteiger partial charge in [-0.3, -0.25) is 9.79 Å². The minimum Gasteiger partial charge on any atom is -0.381 e. The smallest absolute Gasteiger partial charge is 0.251 e. The summed E-state index contributed by atoms with van der Waals surface area (Å²) in [6.07, 6.45) is 3.16. The molecule has 0 saturated carbocycles. The van der Waals surface area contributed by atoms with E-state index in [2.05, 4.69) is 20.9 Å². The lowest BCUT2D eigenvalue weighted by atomic mass is 10.0. The van der Waals surface area contributed by atoms with Crippen LogP contribution in [-0.2, 0) is 16.0 Å². The molecule has 1 aromatic carbocycles. The van der Waals surface area contributed by atoms with Gasteiger partial charge in [0, 0.05) is 59.2 Å². The third-order valence-corrected chi connectivity index (χ3v) is 4.58. The van der Waals surface area contributed by atoms with E-state index < -0.39 is 0 Å². The minimum absolute atomic E-state index is 0.0778. The summed E-state index contributed by atoms with van der Waals surface area (Å²) in [6, 6.07) is 7.52. The van der Waals surface area contributed by atoms with Gasteiger partial charge < -0.3 is 25.4 Å². The number of nitrogens with one attached hydrogen (secondary N) is 3. The van der Waals surface area contributed by atoms with Crippen LogP contribution in [0.3, 0.4) is 0 Å². The third kappa shape index (κ3) is 7.97. The van der Waals surface area contributed by atoms with E-state index in [1.807, 2.05) is 24.3 Å². The number of hydrogen-bond donors (Lipinski definition) is 3. The van der Waals surface area contributed by atoms with E-state index in [9.17, 15) is 4.79 Å². The SMILES string of the molecule is CN=C(NCCCOCC1CCOCC1)NCc1ccc(C(=O)NC)cc1. The molecule has 0 aromatic heterocycles. The van der Waals surface area contributed by atoms with Gasteiger partial charge in [-0.1, -0.05) is 12.1 Å². The highest BCUT2D eigenvalue weighted by Gasteiger charge is 2.13. The molecular formula is C20H32N4O3. The summed E-state index contributed by atoms with van der Waals surface area (Å²) < 4.78 is 11.1. The summed E-state index contributed by atoms with van der Waals surface area (Å²) in [5.74, 6) is 1.33. The average molecular weight is 377 g/mol. The van der Waals surface area contributed by atoms with E-state index in [1.54, 1.807) is 14.1 Å². The summed E-state index contributed by atoms with van der Waals surface area (Å²) in [5, 5.41) is 9.18. The van der Waals surface area contributed by atoms with Crippen LogP contribution >= 0.6 is 0 Å². The molecule has 0 spiro atoms. The Balaban J connectivity index is 1.58. The molecule has 0 aliphatic carbocycles. The number of guanidine groups is 1. The Hall–Kier alpha value is -2.12. The zero-order valence-electron chi connectivity index (χ0n) is 16.4. The Morgan fingerprint density at radius 3 is 2.63 bits per heavy atom. The molecule has 150 valence electrons. The lowest BCUT2D eigenvalue weighted by Crippen LogP contribution is -2.37. The van der Waals surface area contributed by atoms with Crippen LogP contribution in [0.25, 0.3) is 0 Å². The Labute approximate surface area is 161 Å². The van der Waals surface area contributed by atoms with E-state index in [-0.39, 0.29) is 5.91 Å². The maximum atomic E-state index is 11.5. The van der Waals surface area contributed by atoms with Crippen LogP contribution in [0.2, 0.25) is 0 Å². The highest BCUT2D eigenvalue weighted by atomic mass is 16.5. The fraction of sp³-hybridized carbons (Fsp3) is 0.600. The molecular weight excluding hydrogens is 344 g/mol. The van der Waals surface area contributed by atoms with E-state index in [0.29, 0.717) is 18.0 Å². The largest absolute Gasteiger partial charge is 0.381 e. The zero-order chi connectivity index (χ0) is 19.3. The number of ether oxygens (including phenoxy) is 2. The molecule has 1 aliphatic rings. The summed E-state index contributed by atoms with van der Waals surface area (Å²) in [6.45, 7) is 4.78. The third-order valence-electron chi connectivity index (χ3n) is 4.58. The number of benzene rings is 1. The first-order valence-electron chi connectivity index (χ1n) is 9.64. The molecule has 7 nitrogen and oxygen atoms in total. The summed E-state index contributed by atoms with van der Waals surface area (Å²) in [4.78, 5) is 15.8. The van der Waals surface area contributed by atoms with Crippen molar-refractivity contribution in [3.63, 3.8) is 0 Å². The van der Waals surface area contributed by atoms with Crippen molar-refractivity contribution >= 4 is 11.9 Å². The molecule has 1 aliphatic heterocycles. The molecule has 3 N–H and O–H groups in total. The van der Waals surface area contributed by atoms with Crippen molar-refractivity contribution in [2.24, 2.45) is 10.9 Å². The molecule has 0 radical (unpaired) electrons. The van der Waals surface area contributed by atoms with Crippen molar-refractivity contribution in [3.8, 4) is 0 Å². The van der Waals surface area contributed by atoms with Crippen LogP contribution in [0.1, 0.15) is 35.2 Å². The second kappa shape index (κ2) is 12.3. The Morgan fingerprint density at radius 2 is 1.96 bits per heavy atom. The van der Waals surface area contributed by atoms with E-state index in [0.717, 1.165) is 63.8 Å². The van der Waals surface area contributed by atoms with Crippen molar-refractivity contribution < 1.29 is 14.3 Å². The van der Waals surface area contributed by atoms with Gasteiger partial charge in [0.15, 0.2) is 5.96 Å². The van der Waals surface area contributed by atoms with Crippen molar-refractivity contribution in [2.45, 2.75) is 25.8 Å². The number of carbonyl (C=O) groups is 1. The molecule has 0 bridgehead atoms. The fourth-order valence-electron chi connectivity index (χ4n) is 2.87. The second-order valence-electron chi connectivity index (χ2n) is 6.61. The van der Waals surface area contributed by atoms with Gasteiger partial charge in [-0.25, -0.2) is 0 Å². The first kappa shape index (κ1) is 21.2. The first-order valence-corrected chi connectivity index (χ1v) is 9.64. The van der Waals surface area contributed by atoms with Crippen molar-refractivity contribution in [3.05, 3.63) is 35.4 Å². The molecule has 1 aromatic rings. The van der Waals surface area contributed by atoms with Gasteiger partial charge >= 0.3 is 0 Å². The molecule has 1 saturated heterocycles. The molecule has 0 unspecified atom stereocenters. The van der Waals surface area contributed by atoms with Gasteiger partial charge in [0.1, 0.15) is 0 Å². The van der Waals surface area contributed by atoms with E-state index >= 15 is 0 Å². The van der Waals surface area contributed by atoms with Crippen molar-refractivity contribution in [2.75, 3.05) is 47.1 Å². The maximum Gasteiger partial charge on any atom is 0.251 e. The Morgan fingerprint density at radius 1 is 1.22 bits per heavy atom. The van der Waals surface area contributed by atoms with Gasteiger partial charge in [0.2, 0.25) is 0 Å². The normalized spacial score (nSPS) is 15.4. The number of amides is 1. The van der Waals surface area contributed by atoms with Crippen LogP contribution in [0.15, 0.2) is 29.3 Å². The maximum absolute atomic E-state index is 11.5. The van der Waals surface area contributed by atoms with E-state index in [4.69, 9.17) is 9.47 Å². The van der Waals surface area contributed by atoms with Crippen molar-refractivity contribution in [1.29, 1.82) is 0 Å². The minimum atomic E-state index is -0.0778. The molecule has 1 fully saturated rings. The van der Waals surface area contributed by atoms with Gasteiger partial charge in [-0.05, 0) is 42.9 Å². The predicted octanol–water partition coefficient (Wildman–Crippen LogP) is 1.54. The predicted molar refractivity (Wildman–Crippen MR) is 107 cm³/mol. The summed E-state index contributed by atoms with van der Waals surface area (Å²) >= 11 is 0. The molecule has 7 heteroatoms. The molecule has 27 heavy (non-hydrogen) atoms. The molecule has 0 atom stereocenters. The molecule has 1 heterocycles. The summed E-state index contributed by atoms with van der Waals surface area (Å²) in [7, 11) is 3.38. The topological polar surface area (TPSA) is 84.0 Å². The van der Waals surface area contributed by atoms with Crippen LogP contribution < -0.4 is 16.0 Å². The molecule has 2 rings (SSSR count). The summed E-state index contributed by atoms with van der Waals surface area (Å²) in [5.41, 5.74) is 1.75. The van der Waals surface area contributed by atoms with Crippen LogP contribution in [-0.4, -0.2) is 58.9 Å². The second-order valence-corrected chi connectivity index (χ2v) is 6.61. The quantitative estimate of drug-likeness (QED) is 0.346. The van der Waals surface area contributed by atoms with Crippen LogP contribution in [0.4, 0.5) is 0 Å². The molecule has 1 amide bonds. The van der Waals surface area contributed by atoms with Gasteiger partial charge in [-0.2, -0.15) is 0 Å². The Bertz CT molecular complexity index is 583. The number of aliphatic imine (C=N–C) groups is 1. The number of carbonyl (C=O) groups excluding carboxylic acids is 1. The fourth-order valence-corrected chi connectivity index (χ4v) is 2.87. The highest BCUT2D eigenvalue weighted by Crippen LogP contribution is 2.14. The first-order chi connectivity index (χ1) is 13.2. The Kier molecular flexibility index (Phi) is 9.65. The van der Waals surface area contributed by atoms with Crippen molar-refractivity contribution in [1.82, 2.24) is 16.0 Å². The van der Waals surface area contributed by atoms with Gasteiger partial charge in [0.25, 0.3) is 5.91 Å². The number of rotatable bonds is 9. The number of nitrogens with zero attached hydrogens (tertiary/aromatic N) is 1. The van der Waals surface area contributed by atoms with Crippen LogP contribution in [0.5, 0.6) is 0 Å². The standard InChI is InChI=1S/C20H32N4O3/c1-21-19(25)18-6-4-16(5-7-18)14-24-20(22-2)23-10-3-11-27-15-17-8-12-26-13-9-17/h4-7,17H,3,8-15H2,1-2H3,(H,21,25)(H2,22,23,24). The number of hydrogen-bond acceptors (Lipinski definition) is 4. The monoisotopic (exact) mass is 376 g/mol. The van der Waals surface area contributed by atoms with Gasteiger partial charge in [-0.15, -0.1) is 0 Å². The lowest BCUT2D eigenvalue weighted by molar-refractivity contribution is 0.0203. The average Bonchev–Trinajstić information content (AvgIpc) is 2.73. The van der Waals surface area contributed by atoms with Gasteiger partial charge in [0.05, 0.1) is 0 Å². The highest BCUT2D eigenvalue weighted by molar-refractivity contribution is 5.93. The lowest BCUT2D eigenvalue weighted by Gasteiger charge is -2.21.